The lowest BCUT2D eigenvalue weighted by Crippen LogP contribution is -2.04. The van der Waals surface area contributed by atoms with Gasteiger partial charge in [-0.3, -0.25) is 0 Å². The van der Waals surface area contributed by atoms with E-state index in [1.54, 1.807) is 18.2 Å². The van der Waals surface area contributed by atoms with E-state index >= 15 is 0 Å². The molecule has 0 fully saturated rings. The third-order valence-electron chi connectivity index (χ3n) is 3.94. The number of halogens is 3. The number of hydrogen-bond acceptors (Lipinski definition) is 2. The lowest BCUT2D eigenvalue weighted by atomic mass is 10.0. The van der Waals surface area contributed by atoms with Crippen molar-refractivity contribution in [2.45, 2.75) is 23.9 Å². The van der Waals surface area contributed by atoms with Gasteiger partial charge in [-0.05, 0) is 29.3 Å². The number of alkyl halides is 3. The molecule has 2 aromatic rings. The van der Waals surface area contributed by atoms with Gasteiger partial charge in [0.1, 0.15) is 0 Å². The predicted molar refractivity (Wildman–Crippen MR) is 86.7 cm³/mol. The van der Waals surface area contributed by atoms with E-state index in [4.69, 9.17) is 0 Å². The van der Waals surface area contributed by atoms with Gasteiger partial charge in [0.15, 0.2) is 0 Å². The number of carboxylic acid groups (broad SMARTS) is 1. The number of benzene rings is 2. The van der Waals surface area contributed by atoms with E-state index < -0.39 is 17.7 Å². The molecule has 0 amide bonds. The molecule has 0 aliphatic heterocycles. The first-order chi connectivity index (χ1) is 11.3. The maximum Gasteiger partial charge on any atom is 0.416 e. The summed E-state index contributed by atoms with van der Waals surface area (Å²) in [5, 5.41) is 9.56. The van der Waals surface area contributed by atoms with Crippen LogP contribution in [0.3, 0.4) is 0 Å². The molecule has 0 spiro atoms. The molecule has 2 nitrogen and oxygen atoms in total. The van der Waals surface area contributed by atoms with E-state index in [0.717, 1.165) is 29.5 Å². The molecule has 0 saturated carbocycles. The number of carboxylic acids is 1. The quantitative estimate of drug-likeness (QED) is 0.804. The Kier molecular flexibility index (Phi) is 4.17. The number of aliphatic carboxylic acids is 1. The van der Waals surface area contributed by atoms with Crippen LogP contribution in [-0.2, 0) is 11.0 Å². The minimum Gasteiger partial charge on any atom is -0.478 e. The smallest absolute Gasteiger partial charge is 0.416 e. The summed E-state index contributed by atoms with van der Waals surface area (Å²) in [4.78, 5) is 12.6. The fourth-order valence-electron chi connectivity index (χ4n) is 2.82. The van der Waals surface area contributed by atoms with Crippen LogP contribution in [0.25, 0.3) is 5.57 Å². The molecule has 0 saturated heterocycles. The molecule has 1 unspecified atom stereocenters. The molecule has 1 N–H and O–H groups in total. The zero-order chi connectivity index (χ0) is 17.5. The second-order valence-corrected chi connectivity index (χ2v) is 6.60. The molecular formula is C18H13F3O2S. The Hall–Kier alpha value is -2.21. The molecule has 24 heavy (non-hydrogen) atoms. The van der Waals surface area contributed by atoms with Crippen molar-refractivity contribution in [3.05, 3.63) is 70.1 Å². The summed E-state index contributed by atoms with van der Waals surface area (Å²) in [5.41, 5.74) is 0.935. The van der Waals surface area contributed by atoms with Gasteiger partial charge >= 0.3 is 12.1 Å². The average molecular weight is 350 g/mol. The highest BCUT2D eigenvalue weighted by molar-refractivity contribution is 8.03. The van der Waals surface area contributed by atoms with Crippen LogP contribution >= 0.6 is 11.8 Å². The van der Waals surface area contributed by atoms with E-state index in [1.165, 1.54) is 6.07 Å². The summed E-state index contributed by atoms with van der Waals surface area (Å²) in [6.45, 7) is 1.87. The summed E-state index contributed by atoms with van der Waals surface area (Å²) in [7, 11) is 0. The fraction of sp³-hybridized carbons (Fsp3) is 0.167. The number of carbonyl (C=O) groups is 1. The first kappa shape index (κ1) is 16.6. The minimum absolute atomic E-state index is 0.167. The van der Waals surface area contributed by atoms with Gasteiger partial charge in [0.25, 0.3) is 0 Å². The monoisotopic (exact) mass is 350 g/mol. The Morgan fingerprint density at radius 2 is 1.83 bits per heavy atom. The van der Waals surface area contributed by atoms with Crippen LogP contribution in [0.4, 0.5) is 13.2 Å². The van der Waals surface area contributed by atoms with Crippen molar-refractivity contribution in [3.63, 3.8) is 0 Å². The second kappa shape index (κ2) is 6.02. The van der Waals surface area contributed by atoms with Gasteiger partial charge in [0.05, 0.1) is 11.1 Å². The summed E-state index contributed by atoms with van der Waals surface area (Å²) in [6.07, 6.45) is -4.43. The van der Waals surface area contributed by atoms with E-state index in [0.29, 0.717) is 15.4 Å². The standard InChI is InChI=1S/C18H13F3O2S/c1-10-13-7-2-3-8-14(13)15(17(22)23)16(10)24-12-6-4-5-11(9-12)18(19,20)21/h2-10H,1H3,(H,22,23). The van der Waals surface area contributed by atoms with Gasteiger partial charge in [-0.25, -0.2) is 4.79 Å². The maximum atomic E-state index is 12.9. The van der Waals surface area contributed by atoms with E-state index in [-0.39, 0.29) is 11.5 Å². The van der Waals surface area contributed by atoms with Gasteiger partial charge in [0.2, 0.25) is 0 Å². The Morgan fingerprint density at radius 1 is 1.12 bits per heavy atom. The van der Waals surface area contributed by atoms with Crippen LogP contribution in [0.5, 0.6) is 0 Å². The molecule has 0 aromatic heterocycles. The molecule has 0 bridgehead atoms. The number of hydrogen-bond donors (Lipinski definition) is 1. The summed E-state index contributed by atoms with van der Waals surface area (Å²) >= 11 is 1.08. The first-order valence-electron chi connectivity index (χ1n) is 7.21. The molecule has 2 aromatic carbocycles. The summed E-state index contributed by atoms with van der Waals surface area (Å²) < 4.78 is 38.6. The SMILES string of the molecule is CC1C(Sc2cccc(C(F)(F)F)c2)=C(C(=O)O)c2ccccc21. The molecule has 1 atom stereocenters. The minimum atomic E-state index is -4.43. The number of allylic oxidation sites excluding steroid dienone is 1. The highest BCUT2D eigenvalue weighted by Crippen LogP contribution is 2.49. The van der Waals surface area contributed by atoms with Crippen molar-refractivity contribution in [2.24, 2.45) is 0 Å². The van der Waals surface area contributed by atoms with Crippen molar-refractivity contribution in [3.8, 4) is 0 Å². The average Bonchev–Trinajstić information content (AvgIpc) is 2.80. The Labute approximate surface area is 141 Å². The maximum absolute atomic E-state index is 12.9. The largest absolute Gasteiger partial charge is 0.478 e. The van der Waals surface area contributed by atoms with Crippen molar-refractivity contribution < 1.29 is 23.1 Å². The van der Waals surface area contributed by atoms with Crippen molar-refractivity contribution in [2.75, 3.05) is 0 Å². The lowest BCUT2D eigenvalue weighted by Gasteiger charge is -2.12. The fourth-order valence-corrected chi connectivity index (χ4v) is 4.01. The van der Waals surface area contributed by atoms with Crippen LogP contribution < -0.4 is 0 Å². The molecular weight excluding hydrogens is 337 g/mol. The molecule has 0 radical (unpaired) electrons. The number of thioether (sulfide) groups is 1. The second-order valence-electron chi connectivity index (χ2n) is 5.48. The molecule has 124 valence electrons. The normalized spacial score (nSPS) is 17.1. The Morgan fingerprint density at radius 3 is 2.50 bits per heavy atom. The summed E-state index contributed by atoms with van der Waals surface area (Å²) in [5.74, 6) is -1.24. The lowest BCUT2D eigenvalue weighted by molar-refractivity contribution is -0.137. The van der Waals surface area contributed by atoms with Crippen LogP contribution in [0.1, 0.15) is 29.5 Å². The predicted octanol–water partition coefficient (Wildman–Crippen LogP) is 5.41. The third-order valence-corrected chi connectivity index (χ3v) is 5.21. The zero-order valence-electron chi connectivity index (χ0n) is 12.6. The van der Waals surface area contributed by atoms with Crippen molar-refractivity contribution in [1.82, 2.24) is 0 Å². The van der Waals surface area contributed by atoms with Gasteiger partial charge in [-0.15, -0.1) is 0 Å². The number of fused-ring (bicyclic) bond motifs is 1. The van der Waals surface area contributed by atoms with E-state index in [1.807, 2.05) is 19.1 Å². The van der Waals surface area contributed by atoms with Crippen molar-refractivity contribution >= 4 is 23.3 Å². The van der Waals surface area contributed by atoms with Gasteiger partial charge in [-0.1, -0.05) is 49.0 Å². The Bertz CT molecular complexity index is 840. The van der Waals surface area contributed by atoms with Crippen LogP contribution in [0.2, 0.25) is 0 Å². The van der Waals surface area contributed by atoms with E-state index in [9.17, 15) is 23.1 Å². The van der Waals surface area contributed by atoms with Crippen LogP contribution in [-0.4, -0.2) is 11.1 Å². The summed E-state index contributed by atoms with van der Waals surface area (Å²) in [6, 6.07) is 12.1. The zero-order valence-corrected chi connectivity index (χ0v) is 13.4. The highest BCUT2D eigenvalue weighted by atomic mass is 32.2. The third kappa shape index (κ3) is 2.94. The van der Waals surface area contributed by atoms with Gasteiger partial charge in [-0.2, -0.15) is 13.2 Å². The van der Waals surface area contributed by atoms with Gasteiger partial charge < -0.3 is 5.11 Å². The number of rotatable bonds is 3. The molecule has 1 aliphatic carbocycles. The Balaban J connectivity index is 2.03. The molecule has 1 aliphatic rings. The van der Waals surface area contributed by atoms with Crippen molar-refractivity contribution in [1.29, 1.82) is 0 Å². The highest BCUT2D eigenvalue weighted by Gasteiger charge is 2.34. The van der Waals surface area contributed by atoms with Crippen LogP contribution in [0, 0.1) is 0 Å². The molecule has 3 rings (SSSR count). The molecule has 0 heterocycles. The topological polar surface area (TPSA) is 37.3 Å². The first-order valence-corrected chi connectivity index (χ1v) is 8.02. The van der Waals surface area contributed by atoms with Crippen LogP contribution in [0.15, 0.2) is 58.3 Å². The molecule has 6 heteroatoms. The van der Waals surface area contributed by atoms with E-state index in [2.05, 4.69) is 0 Å². The van der Waals surface area contributed by atoms with Gasteiger partial charge in [0, 0.05) is 15.7 Å².